The first kappa shape index (κ1) is 16.6. The lowest BCUT2D eigenvalue weighted by Crippen LogP contribution is -2.06. The third-order valence-corrected chi connectivity index (χ3v) is 4.32. The molecule has 1 aromatic heterocycles. The molecule has 3 aromatic rings. The molecule has 0 saturated carbocycles. The van der Waals surface area contributed by atoms with Crippen molar-refractivity contribution in [2.75, 3.05) is 6.61 Å². The summed E-state index contributed by atoms with van der Waals surface area (Å²) in [5, 5.41) is 0.994. The molecule has 5 heteroatoms. The second-order valence-electron chi connectivity index (χ2n) is 5.44. The highest BCUT2D eigenvalue weighted by atomic mass is 79.9. The Morgan fingerprint density at radius 1 is 1.21 bits per heavy atom. The molecule has 0 N–H and O–H groups in total. The van der Waals surface area contributed by atoms with E-state index in [2.05, 4.69) is 32.8 Å². The summed E-state index contributed by atoms with van der Waals surface area (Å²) in [7, 11) is 0. The number of ether oxygens (including phenoxy) is 1. The van der Waals surface area contributed by atoms with Gasteiger partial charge in [-0.2, -0.15) is 0 Å². The normalized spacial score (nSPS) is 10.8. The number of carbonyl (C=O) groups excluding carboxylic acids is 1. The van der Waals surface area contributed by atoms with Gasteiger partial charge in [0.2, 0.25) is 0 Å². The van der Waals surface area contributed by atoms with Crippen molar-refractivity contribution in [3.8, 4) is 11.4 Å². The lowest BCUT2D eigenvalue weighted by atomic mass is 10.1. The molecule has 0 fully saturated rings. The topological polar surface area (TPSA) is 52.1 Å². The first-order chi connectivity index (χ1) is 11.7. The number of fused-ring (bicyclic) bond motifs is 1. The van der Waals surface area contributed by atoms with Crippen molar-refractivity contribution >= 4 is 32.8 Å². The van der Waals surface area contributed by atoms with Gasteiger partial charge in [0.25, 0.3) is 0 Å². The van der Waals surface area contributed by atoms with E-state index in [0.717, 1.165) is 33.8 Å². The van der Waals surface area contributed by atoms with Crippen LogP contribution in [-0.2, 0) is 4.74 Å². The summed E-state index contributed by atoms with van der Waals surface area (Å²) >= 11 is 3.51. The molecule has 0 aliphatic rings. The van der Waals surface area contributed by atoms with Gasteiger partial charge < -0.3 is 4.74 Å². The Balaban J connectivity index is 1.87. The Bertz CT molecular complexity index is 880. The fourth-order valence-electron chi connectivity index (χ4n) is 2.32. The Labute approximate surface area is 149 Å². The van der Waals surface area contributed by atoms with Gasteiger partial charge in [-0.15, -0.1) is 0 Å². The standard InChI is InChI=1S/C19H17BrN2O2/c1-2-3-10-24-19(23)13-8-9-15(16(20)11-13)18-21-12-14-6-4-5-7-17(14)22-18/h4-9,11-12H,2-3,10H2,1H3. The van der Waals surface area contributed by atoms with E-state index in [-0.39, 0.29) is 5.97 Å². The summed E-state index contributed by atoms with van der Waals surface area (Å²) in [6, 6.07) is 13.2. The highest BCUT2D eigenvalue weighted by Gasteiger charge is 2.12. The van der Waals surface area contributed by atoms with E-state index in [1.807, 2.05) is 30.3 Å². The molecule has 0 aliphatic heterocycles. The largest absolute Gasteiger partial charge is 0.462 e. The van der Waals surface area contributed by atoms with Crippen molar-refractivity contribution in [1.82, 2.24) is 9.97 Å². The van der Waals surface area contributed by atoms with E-state index in [1.165, 1.54) is 0 Å². The summed E-state index contributed by atoms with van der Waals surface area (Å²) in [5.74, 6) is 0.307. The molecule has 0 amide bonds. The van der Waals surface area contributed by atoms with Crippen LogP contribution >= 0.6 is 15.9 Å². The number of hydrogen-bond donors (Lipinski definition) is 0. The number of nitrogens with zero attached hydrogens (tertiary/aromatic N) is 2. The second kappa shape index (κ2) is 7.53. The molecule has 0 aliphatic carbocycles. The van der Waals surface area contributed by atoms with Gasteiger partial charge in [-0.05, 0) is 30.7 Å². The molecule has 2 aromatic carbocycles. The number of para-hydroxylation sites is 1. The van der Waals surface area contributed by atoms with Crippen LogP contribution in [0.5, 0.6) is 0 Å². The summed E-state index contributed by atoms with van der Waals surface area (Å²) in [6.45, 7) is 2.51. The van der Waals surface area contributed by atoms with Crippen LogP contribution in [0.15, 0.2) is 53.1 Å². The van der Waals surface area contributed by atoms with Crippen LogP contribution in [0.2, 0.25) is 0 Å². The molecule has 0 bridgehead atoms. The number of esters is 1. The Morgan fingerprint density at radius 2 is 2.04 bits per heavy atom. The van der Waals surface area contributed by atoms with E-state index in [4.69, 9.17) is 4.74 Å². The van der Waals surface area contributed by atoms with E-state index in [9.17, 15) is 4.79 Å². The average molecular weight is 385 g/mol. The molecule has 0 saturated heterocycles. The number of carbonyl (C=O) groups is 1. The molecule has 0 unspecified atom stereocenters. The van der Waals surface area contributed by atoms with Crippen LogP contribution in [0.4, 0.5) is 0 Å². The quantitative estimate of drug-likeness (QED) is 0.457. The third-order valence-electron chi connectivity index (χ3n) is 3.67. The van der Waals surface area contributed by atoms with Crippen molar-refractivity contribution < 1.29 is 9.53 Å². The summed E-state index contributed by atoms with van der Waals surface area (Å²) in [5.41, 5.74) is 2.24. The number of unbranched alkanes of at least 4 members (excludes halogenated alkanes) is 1. The van der Waals surface area contributed by atoms with Crippen LogP contribution in [0.3, 0.4) is 0 Å². The highest BCUT2D eigenvalue weighted by molar-refractivity contribution is 9.10. The van der Waals surface area contributed by atoms with E-state index >= 15 is 0 Å². The molecular formula is C19H17BrN2O2. The molecule has 0 radical (unpaired) electrons. The van der Waals surface area contributed by atoms with Crippen LogP contribution in [-0.4, -0.2) is 22.5 Å². The summed E-state index contributed by atoms with van der Waals surface area (Å²) < 4.78 is 6.00. The van der Waals surface area contributed by atoms with Crippen molar-refractivity contribution in [3.63, 3.8) is 0 Å². The minimum absolute atomic E-state index is 0.310. The fourth-order valence-corrected chi connectivity index (χ4v) is 2.87. The van der Waals surface area contributed by atoms with Crippen LogP contribution < -0.4 is 0 Å². The van der Waals surface area contributed by atoms with Gasteiger partial charge in [0.1, 0.15) is 0 Å². The van der Waals surface area contributed by atoms with Crippen LogP contribution in [0, 0.1) is 0 Å². The van der Waals surface area contributed by atoms with Crippen molar-refractivity contribution in [1.29, 1.82) is 0 Å². The average Bonchev–Trinajstić information content (AvgIpc) is 2.61. The number of aromatic nitrogens is 2. The van der Waals surface area contributed by atoms with Gasteiger partial charge in [0, 0.05) is 21.6 Å². The highest BCUT2D eigenvalue weighted by Crippen LogP contribution is 2.28. The number of halogens is 1. The fraction of sp³-hybridized carbons (Fsp3) is 0.211. The maximum absolute atomic E-state index is 12.0. The number of hydrogen-bond acceptors (Lipinski definition) is 4. The Kier molecular flexibility index (Phi) is 5.20. The maximum atomic E-state index is 12.0. The number of rotatable bonds is 5. The summed E-state index contributed by atoms with van der Waals surface area (Å²) in [4.78, 5) is 21.0. The van der Waals surface area contributed by atoms with Gasteiger partial charge in [0.05, 0.1) is 17.7 Å². The molecule has 0 atom stereocenters. The molecule has 24 heavy (non-hydrogen) atoms. The van der Waals surface area contributed by atoms with Crippen molar-refractivity contribution in [2.45, 2.75) is 19.8 Å². The smallest absolute Gasteiger partial charge is 0.338 e. The Hall–Kier alpha value is -2.27. The van der Waals surface area contributed by atoms with Gasteiger partial charge in [0.15, 0.2) is 5.82 Å². The minimum Gasteiger partial charge on any atom is -0.462 e. The molecule has 3 rings (SSSR count). The van der Waals surface area contributed by atoms with Crippen molar-refractivity contribution in [2.24, 2.45) is 0 Å². The monoisotopic (exact) mass is 384 g/mol. The van der Waals surface area contributed by atoms with Crippen molar-refractivity contribution in [3.05, 3.63) is 58.7 Å². The third kappa shape index (κ3) is 3.62. The first-order valence-electron chi connectivity index (χ1n) is 7.88. The predicted molar refractivity (Wildman–Crippen MR) is 97.9 cm³/mol. The lowest BCUT2D eigenvalue weighted by Gasteiger charge is -2.08. The van der Waals surface area contributed by atoms with E-state index < -0.39 is 0 Å². The predicted octanol–water partition coefficient (Wildman–Crippen LogP) is 5.02. The minimum atomic E-state index is -0.310. The SMILES string of the molecule is CCCCOC(=O)c1ccc(-c2ncc3ccccc3n2)c(Br)c1. The molecule has 4 nitrogen and oxygen atoms in total. The van der Waals surface area contributed by atoms with E-state index in [0.29, 0.717) is 18.0 Å². The molecule has 122 valence electrons. The number of benzene rings is 2. The van der Waals surface area contributed by atoms with Gasteiger partial charge >= 0.3 is 5.97 Å². The second-order valence-corrected chi connectivity index (χ2v) is 6.29. The van der Waals surface area contributed by atoms with Crippen LogP contribution in [0.1, 0.15) is 30.1 Å². The zero-order chi connectivity index (χ0) is 16.9. The van der Waals surface area contributed by atoms with Crippen LogP contribution in [0.25, 0.3) is 22.3 Å². The zero-order valence-corrected chi connectivity index (χ0v) is 14.9. The summed E-state index contributed by atoms with van der Waals surface area (Å²) in [6.07, 6.45) is 3.67. The molecule has 0 spiro atoms. The Morgan fingerprint density at radius 3 is 2.83 bits per heavy atom. The first-order valence-corrected chi connectivity index (χ1v) is 8.67. The van der Waals surface area contributed by atoms with Gasteiger partial charge in [-0.1, -0.05) is 47.5 Å². The maximum Gasteiger partial charge on any atom is 0.338 e. The lowest BCUT2D eigenvalue weighted by molar-refractivity contribution is 0.0499. The van der Waals surface area contributed by atoms with Gasteiger partial charge in [-0.3, -0.25) is 0 Å². The van der Waals surface area contributed by atoms with E-state index in [1.54, 1.807) is 18.3 Å². The molecular weight excluding hydrogens is 368 g/mol. The zero-order valence-electron chi connectivity index (χ0n) is 13.3. The van der Waals surface area contributed by atoms with Gasteiger partial charge in [-0.25, -0.2) is 14.8 Å². The molecule has 1 heterocycles.